The molecule has 1 saturated heterocycles. The predicted molar refractivity (Wildman–Crippen MR) is 122 cm³/mol. The highest BCUT2D eigenvalue weighted by atomic mass is 16.5. The zero-order valence-corrected chi connectivity index (χ0v) is 19.5. The quantitative estimate of drug-likeness (QED) is 0.662. The number of nitrogens with one attached hydrogen (secondary N) is 1. The standard InChI is InChI=1S/C24H33N3O6/c1-24(2,3)19-21(28)27-15-17(14-18(27)22(29)30)33-20-16(11-9-12-25-20)10-7-5-4-6-8-13-32-23(31)26-19/h7,9-12,17-19H,4-6,8,13-15H2,1-3H3,(H,26,31)(H,29,30)/b10-7-/t17-,18+,19-/m1/s1. The number of cyclic esters (lactones) is 1. The van der Waals surface area contributed by atoms with Gasteiger partial charge in [-0.3, -0.25) is 4.79 Å². The van der Waals surface area contributed by atoms with E-state index < -0.39 is 41.6 Å². The van der Waals surface area contributed by atoms with Gasteiger partial charge in [0.15, 0.2) is 0 Å². The number of carbonyl (C=O) groups is 3. The predicted octanol–water partition coefficient (Wildman–Crippen LogP) is 3.24. The van der Waals surface area contributed by atoms with Gasteiger partial charge in [-0.1, -0.05) is 32.9 Å². The third-order valence-electron chi connectivity index (χ3n) is 5.83. The van der Waals surface area contributed by atoms with Crippen molar-refractivity contribution >= 4 is 24.0 Å². The number of nitrogens with zero attached hydrogens (tertiary/aromatic N) is 2. The zero-order chi connectivity index (χ0) is 24.0. The SMILES string of the molecule is CC(C)(C)[C@@H]1NC(=O)OCCCCC/C=C\c2cccnc2O[C@@H]2C[C@@H](C(=O)O)N(C2)C1=O. The smallest absolute Gasteiger partial charge is 0.407 e. The van der Waals surface area contributed by atoms with Gasteiger partial charge in [-0.15, -0.1) is 0 Å². The highest BCUT2D eigenvalue weighted by Crippen LogP contribution is 2.29. The van der Waals surface area contributed by atoms with Gasteiger partial charge < -0.3 is 24.8 Å². The molecule has 0 radical (unpaired) electrons. The van der Waals surface area contributed by atoms with Crippen molar-refractivity contribution < 1.29 is 29.0 Å². The van der Waals surface area contributed by atoms with E-state index in [9.17, 15) is 19.5 Å². The number of alkyl carbamates (subject to hydrolysis) is 1. The first-order valence-electron chi connectivity index (χ1n) is 11.4. The Hall–Kier alpha value is -3.10. The van der Waals surface area contributed by atoms with Gasteiger partial charge >= 0.3 is 12.1 Å². The summed E-state index contributed by atoms with van der Waals surface area (Å²) in [7, 11) is 0. The van der Waals surface area contributed by atoms with Gasteiger partial charge in [0.1, 0.15) is 18.2 Å². The van der Waals surface area contributed by atoms with Crippen LogP contribution < -0.4 is 10.1 Å². The largest absolute Gasteiger partial charge is 0.480 e. The summed E-state index contributed by atoms with van der Waals surface area (Å²) in [5, 5.41) is 12.4. The van der Waals surface area contributed by atoms with Gasteiger partial charge in [-0.2, -0.15) is 0 Å². The lowest BCUT2D eigenvalue weighted by Crippen LogP contribution is -2.57. The van der Waals surface area contributed by atoms with Crippen molar-refractivity contribution in [2.24, 2.45) is 5.41 Å². The van der Waals surface area contributed by atoms with Crippen LogP contribution in [0.2, 0.25) is 0 Å². The number of hydrogen-bond acceptors (Lipinski definition) is 6. The van der Waals surface area contributed by atoms with Crippen molar-refractivity contribution in [1.82, 2.24) is 15.2 Å². The van der Waals surface area contributed by atoms with E-state index >= 15 is 0 Å². The van der Waals surface area contributed by atoms with Gasteiger partial charge in [-0.05, 0) is 43.2 Å². The molecule has 9 nitrogen and oxygen atoms in total. The molecule has 1 aromatic rings. The van der Waals surface area contributed by atoms with Crippen molar-refractivity contribution in [1.29, 1.82) is 0 Å². The molecule has 0 spiro atoms. The first kappa shape index (κ1) is 24.5. The molecule has 0 unspecified atom stereocenters. The summed E-state index contributed by atoms with van der Waals surface area (Å²) in [6, 6.07) is 1.70. The number of aromatic nitrogens is 1. The fourth-order valence-electron chi connectivity index (χ4n) is 4.04. The second-order valence-corrected chi connectivity index (χ2v) is 9.55. The van der Waals surface area contributed by atoms with Crippen molar-refractivity contribution in [3.8, 4) is 5.88 Å². The number of carboxylic acids is 1. The number of aliphatic carboxylic acids is 1. The van der Waals surface area contributed by atoms with E-state index in [1.54, 1.807) is 6.20 Å². The Balaban J connectivity index is 1.91. The van der Waals surface area contributed by atoms with E-state index in [0.717, 1.165) is 24.8 Å². The minimum atomic E-state index is -1.11. The van der Waals surface area contributed by atoms with Crippen LogP contribution in [0.5, 0.6) is 5.88 Å². The topological polar surface area (TPSA) is 118 Å². The van der Waals surface area contributed by atoms with E-state index in [4.69, 9.17) is 9.47 Å². The molecular formula is C24H33N3O6. The fourth-order valence-corrected chi connectivity index (χ4v) is 4.04. The number of carboxylic acid groups (broad SMARTS) is 1. The normalized spacial score (nSPS) is 26.2. The number of rotatable bonds is 1. The highest BCUT2D eigenvalue weighted by Gasteiger charge is 2.46. The Labute approximate surface area is 194 Å². The molecule has 9 heteroatoms. The van der Waals surface area contributed by atoms with Crippen LogP contribution in [0, 0.1) is 5.41 Å². The Morgan fingerprint density at radius 2 is 2.03 bits per heavy atom. The number of hydrogen-bond donors (Lipinski definition) is 2. The maximum absolute atomic E-state index is 13.5. The van der Waals surface area contributed by atoms with Crippen LogP contribution in [0.25, 0.3) is 6.08 Å². The lowest BCUT2D eigenvalue weighted by atomic mass is 9.85. The Morgan fingerprint density at radius 3 is 2.76 bits per heavy atom. The van der Waals surface area contributed by atoms with Crippen LogP contribution in [0.3, 0.4) is 0 Å². The third kappa shape index (κ3) is 6.46. The lowest BCUT2D eigenvalue weighted by molar-refractivity contribution is -0.150. The van der Waals surface area contributed by atoms with E-state index in [0.29, 0.717) is 12.3 Å². The van der Waals surface area contributed by atoms with Crippen LogP contribution >= 0.6 is 0 Å². The molecule has 0 saturated carbocycles. The number of carbonyl (C=O) groups excluding carboxylic acids is 2. The molecule has 2 aliphatic rings. The van der Waals surface area contributed by atoms with Crippen LogP contribution in [0.4, 0.5) is 4.79 Å². The average Bonchev–Trinajstić information content (AvgIpc) is 3.17. The fraction of sp³-hybridized carbons (Fsp3) is 0.583. The molecule has 0 aromatic carbocycles. The molecule has 1 aromatic heterocycles. The van der Waals surface area contributed by atoms with Crippen molar-refractivity contribution in [2.75, 3.05) is 13.2 Å². The molecule has 2 aliphatic heterocycles. The Kier molecular flexibility index (Phi) is 7.94. The molecule has 2 bridgehead atoms. The summed E-state index contributed by atoms with van der Waals surface area (Å²) in [5.74, 6) is -1.18. The highest BCUT2D eigenvalue weighted by molar-refractivity contribution is 5.90. The van der Waals surface area contributed by atoms with Gasteiger partial charge in [0.05, 0.1) is 13.2 Å². The molecule has 0 aliphatic carbocycles. The molecule has 2 N–H and O–H groups in total. The summed E-state index contributed by atoms with van der Waals surface area (Å²) in [5.41, 5.74) is 0.149. The molecule has 33 heavy (non-hydrogen) atoms. The van der Waals surface area contributed by atoms with Crippen LogP contribution in [-0.4, -0.2) is 64.3 Å². The maximum Gasteiger partial charge on any atom is 0.407 e. The van der Waals surface area contributed by atoms with Crippen molar-refractivity contribution in [3.63, 3.8) is 0 Å². The Morgan fingerprint density at radius 1 is 1.24 bits per heavy atom. The van der Waals surface area contributed by atoms with Gasteiger partial charge in [-0.25, -0.2) is 14.6 Å². The molecule has 3 atom stereocenters. The first-order valence-corrected chi connectivity index (χ1v) is 11.4. The van der Waals surface area contributed by atoms with Gasteiger partial charge in [0.25, 0.3) is 0 Å². The van der Waals surface area contributed by atoms with Crippen molar-refractivity contribution in [3.05, 3.63) is 30.0 Å². The summed E-state index contributed by atoms with van der Waals surface area (Å²) in [6.07, 6.45) is 7.93. The number of pyridine rings is 1. The second-order valence-electron chi connectivity index (χ2n) is 9.55. The van der Waals surface area contributed by atoms with E-state index in [1.165, 1.54) is 4.90 Å². The number of fused-ring (bicyclic) bond motifs is 3. The van der Waals surface area contributed by atoms with Crippen molar-refractivity contribution in [2.45, 2.75) is 71.1 Å². The maximum atomic E-state index is 13.5. The minimum Gasteiger partial charge on any atom is -0.480 e. The Bertz CT molecular complexity index is 894. The number of amides is 2. The van der Waals surface area contributed by atoms with Crippen LogP contribution in [0.15, 0.2) is 24.4 Å². The van der Waals surface area contributed by atoms with Crippen LogP contribution in [0.1, 0.15) is 58.4 Å². The molecule has 3 heterocycles. The van der Waals surface area contributed by atoms with Crippen LogP contribution in [-0.2, 0) is 14.3 Å². The second kappa shape index (κ2) is 10.7. The molecule has 1 fully saturated rings. The molecular weight excluding hydrogens is 426 g/mol. The molecule has 180 valence electrons. The molecule has 3 rings (SSSR count). The van der Waals surface area contributed by atoms with E-state index in [1.807, 2.05) is 45.1 Å². The third-order valence-corrected chi connectivity index (χ3v) is 5.83. The zero-order valence-electron chi connectivity index (χ0n) is 19.5. The summed E-state index contributed by atoms with van der Waals surface area (Å²) in [6.45, 7) is 5.78. The number of allylic oxidation sites excluding steroid dienone is 1. The van der Waals surface area contributed by atoms with Gasteiger partial charge in [0.2, 0.25) is 11.8 Å². The van der Waals surface area contributed by atoms with E-state index in [2.05, 4.69) is 10.3 Å². The molecule has 2 amide bonds. The first-order chi connectivity index (χ1) is 15.7. The summed E-state index contributed by atoms with van der Waals surface area (Å²) >= 11 is 0. The number of ether oxygens (including phenoxy) is 2. The monoisotopic (exact) mass is 459 g/mol. The average molecular weight is 460 g/mol. The summed E-state index contributed by atoms with van der Waals surface area (Å²) < 4.78 is 11.3. The lowest BCUT2D eigenvalue weighted by Gasteiger charge is -2.34. The van der Waals surface area contributed by atoms with Gasteiger partial charge in [0, 0.05) is 18.2 Å². The summed E-state index contributed by atoms with van der Waals surface area (Å²) in [4.78, 5) is 43.4. The van der Waals surface area contributed by atoms with E-state index in [-0.39, 0.29) is 19.6 Å². The minimum absolute atomic E-state index is 0.0822.